The summed E-state index contributed by atoms with van der Waals surface area (Å²) in [5, 5.41) is 17.8. The van der Waals surface area contributed by atoms with Crippen LogP contribution < -0.4 is 21.3 Å². The van der Waals surface area contributed by atoms with Gasteiger partial charge in [0, 0.05) is 24.3 Å². The van der Waals surface area contributed by atoms with Gasteiger partial charge in [0.2, 0.25) is 23.6 Å². The van der Waals surface area contributed by atoms with Crippen LogP contribution in [0.4, 0.5) is 0 Å². The zero-order valence-electron chi connectivity index (χ0n) is 80.4. The molecule has 0 aliphatic heterocycles. The highest BCUT2D eigenvalue weighted by Gasteiger charge is 2.34. The maximum absolute atomic E-state index is 12.3. The molecule has 0 bridgehead atoms. The van der Waals surface area contributed by atoms with E-state index in [1.807, 2.05) is 70.2 Å². The van der Waals surface area contributed by atoms with Gasteiger partial charge in [-0.25, -0.2) is 19.2 Å². The molecule has 0 spiro atoms. The first-order valence-corrected chi connectivity index (χ1v) is 49.6. The fraction of sp³-hybridized carbons (Fsp3) is 0.510. The zero-order valence-corrected chi connectivity index (χ0v) is 83.7. The Kier molecular flexibility index (Phi) is 50.5. The van der Waals surface area contributed by atoms with Crippen molar-refractivity contribution >= 4 is 88.0 Å². The molecule has 4 atom stereocenters. The second kappa shape index (κ2) is 55.5. The van der Waals surface area contributed by atoms with Crippen LogP contribution >= 0.6 is 0 Å². The van der Waals surface area contributed by atoms with E-state index in [2.05, 4.69) is 158 Å². The molecule has 4 rings (SSSR count). The third kappa shape index (κ3) is 50.6. The number of carboxylic acid groups (broad SMARTS) is 1. The molecule has 28 nitrogen and oxygen atoms in total. The van der Waals surface area contributed by atoms with Crippen molar-refractivity contribution < 1.29 is 110 Å². The summed E-state index contributed by atoms with van der Waals surface area (Å²) in [6.45, 7) is 46.4. The first kappa shape index (κ1) is 118. The Morgan fingerprint density at radius 1 is 0.362 bits per heavy atom. The highest BCUT2D eigenvalue weighted by molar-refractivity contribution is 7.86. The molecular weight excluding hydrogens is 1750 g/mol. The summed E-state index contributed by atoms with van der Waals surface area (Å²) in [4.78, 5) is 95.1. The van der Waals surface area contributed by atoms with Gasteiger partial charge in [-0.3, -0.25) is 37.4 Å². The molecule has 0 radical (unpaired) electrons. The lowest BCUT2D eigenvalue weighted by atomic mass is 9.72. The van der Waals surface area contributed by atoms with Crippen LogP contribution in [-0.4, -0.2) is 171 Å². The van der Waals surface area contributed by atoms with Crippen LogP contribution in [0.3, 0.4) is 0 Å². The van der Waals surface area contributed by atoms with E-state index in [4.69, 9.17) is 32.8 Å². The van der Waals surface area contributed by atoms with Crippen LogP contribution in [0.5, 0.6) is 0 Å². The number of ether oxygens (including phenoxy) is 3. The van der Waals surface area contributed by atoms with Gasteiger partial charge in [0.15, 0.2) is 0 Å². The lowest BCUT2D eigenvalue weighted by molar-refractivity contribution is -0.150. The number of allylic oxidation sites excluding steroid dienone is 36. The summed E-state index contributed by atoms with van der Waals surface area (Å²) in [7, 11) is -16.9. The molecule has 724 valence electrons. The molecule has 9 N–H and O–H groups in total. The lowest BCUT2D eigenvalue weighted by Gasteiger charge is -2.33. The first-order chi connectivity index (χ1) is 59.8. The number of aliphatic carboxylic acids is 1. The van der Waals surface area contributed by atoms with Crippen LogP contribution in [0.15, 0.2) is 235 Å². The SMILES string of the molecule is CC1=C(/C=C/C(C)=C/C=C/C(C)=C\C(=O)N[C@@H](CS(=O)(=O)O)C(=O)O)C(C)(C)CCC1.CC1=C(/C=C/C(C)=C/C=C/C(C)=C\C(=O)N[C@@H](CS(=O)(=O)O)C(=O)OC(C)C)C(C)(C)CCC1.CCOC(=O)[C@H](CS(=O)(=O)O)NC(=O)\C=C(C)/C=C/C=C(C)/C=C/C1=C(C)CCCC1(C)C.COC(=O)[C@H](CS(=O)(=O)O)NC(=O)\C=C(C)/C=C/C=C(C)/C=C/C1=C(C)CCCC1(C)C. The highest BCUT2D eigenvalue weighted by Crippen LogP contribution is 2.44. The van der Waals surface area contributed by atoms with Crippen molar-refractivity contribution in [3.63, 3.8) is 0 Å². The standard InChI is InChI=1S/C26H39NO6S.C25H37NO6S.C24H35NO6S.C23H33NO6S/c1-18(2)33-25(29)23(17-34(30,31)32)27-24(28)16-20(4)11-8-10-19(3)13-14-22-21(5)12-9-15-26(22,6)7;1-7-32-24(28)22(17-33(29,30)31)26-23(27)16-19(3)11-8-10-18(2)13-14-21-20(4)12-9-15-25(21,5)6;1-17(12-13-20-19(3)11-8-14-24(20,4)5)9-7-10-18(2)15-22(26)25-21(23(27)31-6)16-32(28,29)30;1-16(11-12-19-18(3)10-7-13-23(19,4)5)8-6-9-17(2)14-21(25)24-20(22(26)27)15-31(28,29)30/h8,10-11,13-14,16,18,23H,9,12,15,17H2,1-7H3,(H,27,28)(H,30,31,32);8,10-11,13-14,16,22H,7,9,12,15,17H2,1-6H3,(H,26,27)(H,29,30,31);7,9-10,12-13,15,21H,8,11,14,16H2,1-6H3,(H,25,26)(H,28,29,30);6,8-9,11-12,14,20H,7,10,13,15H2,1-5H3,(H,24,25)(H,26,27)(H,28,29,30)/b11-8+,14-13+,19-10+,20-16-;11-8+,14-13+,18-10+,19-16-;10-7+,13-12+,17-9+,18-15-;9-6+,12-11+,16-8+,17-14-/t23-;22-;21-;20-/m0000/s1. The van der Waals surface area contributed by atoms with Crippen molar-refractivity contribution in [2.45, 2.75) is 267 Å². The van der Waals surface area contributed by atoms with E-state index in [9.17, 15) is 72.0 Å². The second-order valence-electron chi connectivity index (χ2n) is 36.0. The monoisotopic (exact) mass is 1890 g/mol. The molecule has 0 unspecified atom stereocenters. The van der Waals surface area contributed by atoms with Crippen molar-refractivity contribution in [3.05, 3.63) is 235 Å². The van der Waals surface area contributed by atoms with Crippen LogP contribution in [0.1, 0.15) is 236 Å². The van der Waals surface area contributed by atoms with Gasteiger partial charge in [0.05, 0.1) is 19.8 Å². The summed E-state index contributed by atoms with van der Waals surface area (Å²) in [5.41, 5.74) is 18.5. The first-order valence-electron chi connectivity index (χ1n) is 43.2. The molecule has 0 fully saturated rings. The quantitative estimate of drug-likeness (QED) is 0.00911. The summed E-state index contributed by atoms with van der Waals surface area (Å²) in [6, 6.07) is -6.23. The van der Waals surface area contributed by atoms with Crippen molar-refractivity contribution in [1.29, 1.82) is 0 Å². The van der Waals surface area contributed by atoms with Crippen LogP contribution in [0.2, 0.25) is 0 Å². The predicted octanol–water partition coefficient (Wildman–Crippen LogP) is 17.3. The summed E-state index contributed by atoms with van der Waals surface area (Å²) in [6.07, 6.45) is 57.3. The van der Waals surface area contributed by atoms with Gasteiger partial charge >= 0.3 is 23.9 Å². The Morgan fingerprint density at radius 2 is 0.585 bits per heavy atom. The largest absolute Gasteiger partial charge is 0.480 e. The molecule has 4 amide bonds. The number of hydrogen-bond donors (Lipinski definition) is 9. The number of nitrogens with one attached hydrogen (secondary N) is 4. The topological polar surface area (TPSA) is 450 Å². The average molecular weight is 1890 g/mol. The zero-order chi connectivity index (χ0) is 99.7. The lowest BCUT2D eigenvalue weighted by Crippen LogP contribution is -2.46. The fourth-order valence-electron chi connectivity index (χ4n) is 14.6. The van der Waals surface area contributed by atoms with E-state index in [-0.39, 0.29) is 28.3 Å². The summed E-state index contributed by atoms with van der Waals surface area (Å²) < 4.78 is 138. The molecule has 4 aliphatic carbocycles. The number of esters is 3. The van der Waals surface area contributed by atoms with E-state index in [0.29, 0.717) is 22.3 Å². The number of hydrogen-bond acceptors (Lipinski definition) is 19. The number of carboxylic acids is 1. The molecule has 0 heterocycles. The smallest absolute Gasteiger partial charge is 0.330 e. The third-order valence-electron chi connectivity index (χ3n) is 21.3. The Labute approximate surface area is 773 Å². The molecule has 0 aromatic carbocycles. The fourth-order valence-corrected chi connectivity index (χ4v) is 17.2. The molecule has 4 aliphatic rings. The Balaban J connectivity index is 0.000000867. The van der Waals surface area contributed by atoms with Crippen molar-refractivity contribution in [2.24, 2.45) is 21.7 Å². The molecule has 0 aromatic heterocycles. The van der Waals surface area contributed by atoms with Crippen molar-refractivity contribution in [3.8, 4) is 0 Å². The van der Waals surface area contributed by atoms with Gasteiger partial charge in [-0.2, -0.15) is 33.7 Å². The highest BCUT2D eigenvalue weighted by atomic mass is 32.2. The van der Waals surface area contributed by atoms with Crippen LogP contribution in [0.25, 0.3) is 0 Å². The van der Waals surface area contributed by atoms with Crippen LogP contribution in [-0.2, 0) is 93.0 Å². The maximum atomic E-state index is 12.3. The molecule has 32 heteroatoms. The number of methoxy groups -OCH3 is 1. The van der Waals surface area contributed by atoms with Gasteiger partial charge in [-0.15, -0.1) is 0 Å². The normalized spacial score (nSPS) is 18.8. The summed E-state index contributed by atoms with van der Waals surface area (Å²) in [5.74, 6) is -11.1. The number of rotatable bonds is 38. The average Bonchev–Trinajstić information content (AvgIpc) is 0.851. The van der Waals surface area contributed by atoms with E-state index in [1.54, 1.807) is 78.8 Å². The Hall–Kier alpha value is -9.80. The van der Waals surface area contributed by atoms with Crippen LogP contribution in [0, 0.1) is 21.7 Å². The number of amides is 4. The Morgan fingerprint density at radius 3 is 0.792 bits per heavy atom. The molecule has 0 saturated carbocycles. The van der Waals surface area contributed by atoms with Gasteiger partial charge in [-0.1, -0.05) is 221 Å². The van der Waals surface area contributed by atoms with E-state index in [1.165, 1.54) is 114 Å². The van der Waals surface area contributed by atoms with Gasteiger partial charge < -0.3 is 40.6 Å². The minimum atomic E-state index is -4.54. The molecule has 0 aromatic rings. The van der Waals surface area contributed by atoms with Gasteiger partial charge in [0.25, 0.3) is 40.5 Å². The minimum absolute atomic E-state index is 0.0166. The Bertz CT molecular complexity index is 5180. The van der Waals surface area contributed by atoms with Gasteiger partial charge in [0.1, 0.15) is 47.2 Å². The molecular formula is C98H144N4O24S4. The third-order valence-corrected chi connectivity index (χ3v) is 24.3. The van der Waals surface area contributed by atoms with E-state index >= 15 is 0 Å². The molecule has 130 heavy (non-hydrogen) atoms. The predicted molar refractivity (Wildman–Crippen MR) is 515 cm³/mol. The van der Waals surface area contributed by atoms with Crippen molar-refractivity contribution in [2.75, 3.05) is 36.7 Å². The second-order valence-corrected chi connectivity index (χ2v) is 42.0. The van der Waals surface area contributed by atoms with E-state index in [0.717, 1.165) is 61.2 Å². The van der Waals surface area contributed by atoms with Crippen molar-refractivity contribution in [1.82, 2.24) is 21.3 Å². The minimum Gasteiger partial charge on any atom is -0.480 e. The number of carbonyl (C=O) groups is 8. The van der Waals surface area contributed by atoms with Gasteiger partial charge in [-0.05, 0) is 247 Å². The maximum Gasteiger partial charge on any atom is 0.330 e. The molecule has 0 saturated heterocycles. The summed E-state index contributed by atoms with van der Waals surface area (Å²) >= 11 is 0. The van der Waals surface area contributed by atoms with E-state index < -0.39 is 141 Å². The number of carbonyl (C=O) groups excluding carboxylic acids is 7.